The lowest BCUT2D eigenvalue weighted by Crippen LogP contribution is -2.23. The number of fused-ring (bicyclic) bond motifs is 3. The van der Waals surface area contributed by atoms with Crippen LogP contribution in [0.4, 0.5) is 0 Å². The summed E-state index contributed by atoms with van der Waals surface area (Å²) in [6, 6.07) is 15.7. The quantitative estimate of drug-likeness (QED) is 0.546. The summed E-state index contributed by atoms with van der Waals surface area (Å²) in [5.41, 5.74) is 5.85. The second kappa shape index (κ2) is 7.91. The third-order valence-electron chi connectivity index (χ3n) is 5.24. The number of carbonyl (C=O) groups is 1. The van der Waals surface area contributed by atoms with Crippen LogP contribution >= 0.6 is 0 Å². The van der Waals surface area contributed by atoms with Crippen molar-refractivity contribution in [3.05, 3.63) is 71.0 Å². The Kier molecular flexibility index (Phi) is 5.16. The molecule has 0 unspecified atom stereocenters. The molecule has 2 aromatic carbocycles. The molecule has 0 spiro atoms. The number of hydrogen-bond acceptors (Lipinski definition) is 4. The number of benzene rings is 2. The zero-order valence-corrected chi connectivity index (χ0v) is 16.9. The highest BCUT2D eigenvalue weighted by atomic mass is 16.5. The second-order valence-corrected chi connectivity index (χ2v) is 7.14. The summed E-state index contributed by atoms with van der Waals surface area (Å²) in [7, 11) is 1.63. The van der Waals surface area contributed by atoms with Gasteiger partial charge in [0.25, 0.3) is 0 Å². The first-order chi connectivity index (χ1) is 14.1. The number of nitrogens with one attached hydrogen (secondary N) is 1. The van der Waals surface area contributed by atoms with E-state index < -0.39 is 0 Å². The standard InChI is InChI=1S/C23H24N4O2/c1-15-19(11-12-22(28)24-14-17-7-6-8-18(13-17)29-3)16(2)27-23(25-15)20-9-4-5-10-21(20)26-27/h4-10,13H,11-12,14H2,1-3H3,(H,24,28). The van der Waals surface area contributed by atoms with E-state index in [1.807, 2.05) is 66.9 Å². The molecule has 2 heterocycles. The number of rotatable bonds is 6. The molecular formula is C23H24N4O2. The van der Waals surface area contributed by atoms with Crippen molar-refractivity contribution in [1.29, 1.82) is 0 Å². The van der Waals surface area contributed by atoms with Gasteiger partial charge in [0.2, 0.25) is 5.91 Å². The van der Waals surface area contributed by atoms with Gasteiger partial charge in [-0.05, 0) is 55.7 Å². The van der Waals surface area contributed by atoms with Crippen LogP contribution in [0, 0.1) is 13.8 Å². The summed E-state index contributed by atoms with van der Waals surface area (Å²) < 4.78 is 7.11. The SMILES string of the molecule is COc1cccc(CNC(=O)CCc2c(C)nc3c4ccccc4nn3c2C)c1. The van der Waals surface area contributed by atoms with Gasteiger partial charge in [-0.15, -0.1) is 0 Å². The fourth-order valence-corrected chi connectivity index (χ4v) is 3.65. The molecular weight excluding hydrogens is 364 g/mol. The molecule has 0 bridgehead atoms. The summed E-state index contributed by atoms with van der Waals surface area (Å²) >= 11 is 0. The van der Waals surface area contributed by atoms with Crippen LogP contribution in [0.25, 0.3) is 16.6 Å². The van der Waals surface area contributed by atoms with E-state index in [1.165, 1.54) is 0 Å². The van der Waals surface area contributed by atoms with E-state index in [4.69, 9.17) is 9.72 Å². The summed E-state index contributed by atoms with van der Waals surface area (Å²) in [6.07, 6.45) is 1.03. The molecule has 0 saturated heterocycles. The smallest absolute Gasteiger partial charge is 0.220 e. The highest BCUT2D eigenvalue weighted by Gasteiger charge is 2.14. The molecule has 6 nitrogen and oxygen atoms in total. The number of nitrogens with zero attached hydrogens (tertiary/aromatic N) is 3. The molecule has 0 saturated carbocycles. The van der Waals surface area contributed by atoms with Gasteiger partial charge in [0.1, 0.15) is 5.75 Å². The molecule has 1 N–H and O–H groups in total. The summed E-state index contributed by atoms with van der Waals surface area (Å²) in [5, 5.41) is 8.70. The first kappa shape index (κ1) is 18.9. The van der Waals surface area contributed by atoms with E-state index in [9.17, 15) is 4.79 Å². The van der Waals surface area contributed by atoms with Crippen molar-refractivity contribution in [3.63, 3.8) is 0 Å². The van der Waals surface area contributed by atoms with E-state index in [2.05, 4.69) is 10.4 Å². The van der Waals surface area contributed by atoms with Crippen molar-refractivity contribution in [2.75, 3.05) is 7.11 Å². The number of aryl methyl sites for hydroxylation is 2. The van der Waals surface area contributed by atoms with Crippen LogP contribution in [-0.4, -0.2) is 27.6 Å². The minimum atomic E-state index is 0.0114. The molecule has 29 heavy (non-hydrogen) atoms. The summed E-state index contributed by atoms with van der Waals surface area (Å²) in [5.74, 6) is 0.798. The van der Waals surface area contributed by atoms with Gasteiger partial charge in [-0.2, -0.15) is 5.10 Å². The molecule has 2 aromatic heterocycles. The zero-order valence-electron chi connectivity index (χ0n) is 16.9. The van der Waals surface area contributed by atoms with Crippen LogP contribution in [0.1, 0.15) is 28.9 Å². The van der Waals surface area contributed by atoms with E-state index in [-0.39, 0.29) is 5.91 Å². The summed E-state index contributed by atoms with van der Waals surface area (Å²) in [6.45, 7) is 4.52. The average Bonchev–Trinajstić information content (AvgIpc) is 3.11. The molecule has 4 rings (SSSR count). The third kappa shape index (κ3) is 3.78. The highest BCUT2D eigenvalue weighted by molar-refractivity contribution is 5.92. The molecule has 0 fully saturated rings. The van der Waals surface area contributed by atoms with Crippen molar-refractivity contribution in [3.8, 4) is 5.75 Å². The van der Waals surface area contributed by atoms with E-state index in [1.54, 1.807) is 7.11 Å². The third-order valence-corrected chi connectivity index (χ3v) is 5.24. The average molecular weight is 388 g/mol. The minimum absolute atomic E-state index is 0.0114. The van der Waals surface area contributed by atoms with Gasteiger partial charge < -0.3 is 10.1 Å². The topological polar surface area (TPSA) is 68.5 Å². The molecule has 148 valence electrons. The Morgan fingerprint density at radius 1 is 1.14 bits per heavy atom. The minimum Gasteiger partial charge on any atom is -0.497 e. The van der Waals surface area contributed by atoms with E-state index in [0.29, 0.717) is 19.4 Å². The van der Waals surface area contributed by atoms with Gasteiger partial charge >= 0.3 is 0 Å². The molecule has 0 atom stereocenters. The van der Waals surface area contributed by atoms with Gasteiger partial charge in [-0.3, -0.25) is 4.79 Å². The lowest BCUT2D eigenvalue weighted by atomic mass is 10.1. The van der Waals surface area contributed by atoms with Gasteiger partial charge in [0.05, 0.1) is 12.6 Å². The van der Waals surface area contributed by atoms with Crippen molar-refractivity contribution in [2.24, 2.45) is 0 Å². The molecule has 4 aromatic rings. The van der Waals surface area contributed by atoms with Crippen LogP contribution in [0.3, 0.4) is 0 Å². The Labute approximate surface area is 169 Å². The summed E-state index contributed by atoms with van der Waals surface area (Å²) in [4.78, 5) is 17.2. The highest BCUT2D eigenvalue weighted by Crippen LogP contribution is 2.23. The molecule has 0 aliphatic heterocycles. The number of methoxy groups -OCH3 is 1. The Balaban J connectivity index is 1.47. The molecule has 6 heteroatoms. The Hall–Kier alpha value is -3.41. The molecule has 1 amide bonds. The predicted octanol–water partition coefficient (Wildman–Crippen LogP) is 3.76. The predicted molar refractivity (Wildman–Crippen MR) is 113 cm³/mol. The van der Waals surface area contributed by atoms with Crippen molar-refractivity contribution in [2.45, 2.75) is 33.2 Å². The van der Waals surface area contributed by atoms with Crippen LogP contribution in [0.15, 0.2) is 48.5 Å². The normalized spacial score (nSPS) is 11.1. The number of amides is 1. The first-order valence-electron chi connectivity index (χ1n) is 9.70. The first-order valence-corrected chi connectivity index (χ1v) is 9.70. The Bertz CT molecular complexity index is 1200. The largest absolute Gasteiger partial charge is 0.497 e. The van der Waals surface area contributed by atoms with Gasteiger partial charge in [-0.25, -0.2) is 9.50 Å². The lowest BCUT2D eigenvalue weighted by Gasteiger charge is -2.11. The Morgan fingerprint density at radius 2 is 1.97 bits per heavy atom. The zero-order chi connectivity index (χ0) is 20.4. The number of aromatic nitrogens is 3. The Morgan fingerprint density at radius 3 is 2.79 bits per heavy atom. The number of carbonyl (C=O) groups excluding carboxylic acids is 1. The van der Waals surface area contributed by atoms with Gasteiger partial charge in [0.15, 0.2) is 5.65 Å². The maximum atomic E-state index is 12.4. The van der Waals surface area contributed by atoms with Gasteiger partial charge in [-0.1, -0.05) is 24.3 Å². The second-order valence-electron chi connectivity index (χ2n) is 7.14. The molecule has 0 aliphatic carbocycles. The number of ether oxygens (including phenoxy) is 1. The number of hydrogen-bond donors (Lipinski definition) is 1. The molecule has 0 aliphatic rings. The van der Waals surface area contributed by atoms with Crippen molar-refractivity contribution in [1.82, 2.24) is 19.9 Å². The van der Waals surface area contributed by atoms with E-state index in [0.717, 1.165) is 44.8 Å². The van der Waals surface area contributed by atoms with Crippen LogP contribution in [0.2, 0.25) is 0 Å². The molecule has 0 radical (unpaired) electrons. The van der Waals surface area contributed by atoms with Crippen molar-refractivity contribution >= 4 is 22.5 Å². The fraction of sp³-hybridized carbons (Fsp3) is 0.261. The van der Waals surface area contributed by atoms with Crippen LogP contribution < -0.4 is 10.1 Å². The monoisotopic (exact) mass is 388 g/mol. The van der Waals surface area contributed by atoms with Crippen molar-refractivity contribution < 1.29 is 9.53 Å². The van der Waals surface area contributed by atoms with Crippen LogP contribution in [0.5, 0.6) is 5.75 Å². The maximum Gasteiger partial charge on any atom is 0.220 e. The van der Waals surface area contributed by atoms with Gasteiger partial charge in [0, 0.05) is 29.7 Å². The lowest BCUT2D eigenvalue weighted by molar-refractivity contribution is -0.121. The maximum absolute atomic E-state index is 12.4. The van der Waals surface area contributed by atoms with E-state index >= 15 is 0 Å². The fourth-order valence-electron chi connectivity index (χ4n) is 3.65. The van der Waals surface area contributed by atoms with Crippen LogP contribution in [-0.2, 0) is 17.8 Å².